The minimum Gasteiger partial charge on any atom is -0.396 e. The minimum atomic E-state index is -0.639. The van der Waals surface area contributed by atoms with Crippen LogP contribution in [-0.2, 0) is 0 Å². The summed E-state index contributed by atoms with van der Waals surface area (Å²) in [6.45, 7) is 0.562. The number of benzene rings is 1. The van der Waals surface area contributed by atoms with Gasteiger partial charge in [-0.2, -0.15) is 0 Å². The number of nitrogens with zero attached hydrogens (tertiary/aromatic N) is 1. The van der Waals surface area contributed by atoms with Gasteiger partial charge in [-0.15, -0.1) is 0 Å². The molecule has 0 amide bonds. The van der Waals surface area contributed by atoms with Crippen molar-refractivity contribution in [1.29, 1.82) is 0 Å². The lowest BCUT2D eigenvalue weighted by atomic mass is 9.87. The van der Waals surface area contributed by atoms with Gasteiger partial charge in [-0.3, -0.25) is 10.1 Å². The number of nitrogens with one attached hydrogen (secondary N) is 1. The maximum atomic E-state index is 13.7. The second-order valence-electron chi connectivity index (χ2n) is 5.14. The van der Waals surface area contributed by atoms with Crippen molar-refractivity contribution < 1.29 is 14.4 Å². The Hall–Kier alpha value is -1.69. The van der Waals surface area contributed by atoms with E-state index in [4.69, 9.17) is 0 Å². The molecule has 1 fully saturated rings. The van der Waals surface area contributed by atoms with Gasteiger partial charge in [0.2, 0.25) is 0 Å². The fourth-order valence-electron chi connectivity index (χ4n) is 2.56. The van der Waals surface area contributed by atoms with Gasteiger partial charge < -0.3 is 10.4 Å². The molecule has 0 saturated heterocycles. The van der Waals surface area contributed by atoms with E-state index < -0.39 is 10.7 Å². The van der Waals surface area contributed by atoms with Crippen molar-refractivity contribution in [1.82, 2.24) is 0 Å². The molecule has 0 radical (unpaired) electrons. The number of halogens is 1. The summed E-state index contributed by atoms with van der Waals surface area (Å²) in [5, 5.41) is 22.9. The lowest BCUT2D eigenvalue weighted by molar-refractivity contribution is -0.385. The standard InChI is InChI=1S/C13H17FN2O3/c14-11-7-10(16(18)19)3-4-12(11)15-8-13(9-17)5-1-2-6-13/h3-4,7,15,17H,1-2,5-6,8-9H2. The minimum absolute atomic E-state index is 0.0780. The van der Waals surface area contributed by atoms with Crippen LogP contribution in [0.2, 0.25) is 0 Å². The zero-order valence-electron chi connectivity index (χ0n) is 10.6. The van der Waals surface area contributed by atoms with Crippen LogP contribution in [0.4, 0.5) is 15.8 Å². The Bertz CT molecular complexity index is 473. The second kappa shape index (κ2) is 5.52. The van der Waals surface area contributed by atoms with Gasteiger partial charge in [0.15, 0.2) is 5.82 Å². The number of nitro groups is 1. The van der Waals surface area contributed by atoms with E-state index >= 15 is 0 Å². The van der Waals surface area contributed by atoms with Crippen LogP contribution in [0.25, 0.3) is 0 Å². The second-order valence-corrected chi connectivity index (χ2v) is 5.14. The monoisotopic (exact) mass is 268 g/mol. The Morgan fingerprint density at radius 3 is 2.63 bits per heavy atom. The summed E-state index contributed by atoms with van der Waals surface area (Å²) in [7, 11) is 0. The summed E-state index contributed by atoms with van der Waals surface area (Å²) in [4.78, 5) is 9.89. The van der Waals surface area contributed by atoms with Crippen molar-refractivity contribution in [3.05, 3.63) is 34.1 Å². The third kappa shape index (κ3) is 3.01. The molecule has 2 N–H and O–H groups in total. The predicted octanol–water partition coefficient (Wildman–Crippen LogP) is 2.70. The molecule has 1 saturated carbocycles. The molecule has 19 heavy (non-hydrogen) atoms. The molecule has 0 heterocycles. The molecule has 1 aromatic carbocycles. The molecular weight excluding hydrogens is 251 g/mol. The van der Waals surface area contributed by atoms with Crippen LogP contribution >= 0.6 is 0 Å². The van der Waals surface area contributed by atoms with Crippen LogP contribution in [0.5, 0.6) is 0 Å². The highest BCUT2D eigenvalue weighted by molar-refractivity contribution is 5.50. The summed E-state index contributed by atoms with van der Waals surface area (Å²) >= 11 is 0. The largest absolute Gasteiger partial charge is 0.396 e. The maximum absolute atomic E-state index is 13.7. The summed E-state index contributed by atoms with van der Waals surface area (Å²) in [5.74, 6) is -0.639. The van der Waals surface area contributed by atoms with Gasteiger partial charge in [0, 0.05) is 18.0 Å². The van der Waals surface area contributed by atoms with Crippen LogP contribution in [0, 0.1) is 21.3 Å². The normalized spacial score (nSPS) is 17.4. The van der Waals surface area contributed by atoms with Crippen molar-refractivity contribution in [2.45, 2.75) is 25.7 Å². The van der Waals surface area contributed by atoms with Crippen molar-refractivity contribution in [3.63, 3.8) is 0 Å². The number of hydrogen-bond donors (Lipinski definition) is 2. The zero-order chi connectivity index (χ0) is 13.9. The topological polar surface area (TPSA) is 75.4 Å². The predicted molar refractivity (Wildman–Crippen MR) is 69.5 cm³/mol. The third-order valence-electron chi connectivity index (χ3n) is 3.82. The van der Waals surface area contributed by atoms with E-state index in [2.05, 4.69) is 5.32 Å². The number of nitro benzene ring substituents is 1. The molecule has 0 unspecified atom stereocenters. The fourth-order valence-corrected chi connectivity index (χ4v) is 2.56. The van der Waals surface area contributed by atoms with Crippen molar-refractivity contribution in [2.24, 2.45) is 5.41 Å². The van der Waals surface area contributed by atoms with Crippen molar-refractivity contribution in [2.75, 3.05) is 18.5 Å². The molecule has 0 bridgehead atoms. The van der Waals surface area contributed by atoms with Gasteiger partial charge in [0.1, 0.15) is 0 Å². The van der Waals surface area contributed by atoms with Gasteiger partial charge in [0.25, 0.3) is 5.69 Å². The van der Waals surface area contributed by atoms with Gasteiger partial charge in [-0.25, -0.2) is 4.39 Å². The van der Waals surface area contributed by atoms with E-state index in [0.29, 0.717) is 6.54 Å². The Balaban J connectivity index is 2.05. The highest BCUT2D eigenvalue weighted by Gasteiger charge is 2.33. The van der Waals surface area contributed by atoms with E-state index in [9.17, 15) is 19.6 Å². The fraction of sp³-hybridized carbons (Fsp3) is 0.538. The zero-order valence-corrected chi connectivity index (χ0v) is 10.6. The van der Waals surface area contributed by atoms with E-state index in [-0.39, 0.29) is 23.4 Å². The lowest BCUT2D eigenvalue weighted by Gasteiger charge is -2.27. The van der Waals surface area contributed by atoms with Gasteiger partial charge in [0.05, 0.1) is 23.3 Å². The molecular formula is C13H17FN2O3. The van der Waals surface area contributed by atoms with Crippen LogP contribution in [0.3, 0.4) is 0 Å². The van der Waals surface area contributed by atoms with E-state index in [1.807, 2.05) is 0 Å². The first-order valence-corrected chi connectivity index (χ1v) is 6.35. The summed E-state index contributed by atoms with van der Waals surface area (Å²) in [6.07, 6.45) is 3.99. The van der Waals surface area contributed by atoms with Crippen LogP contribution in [0.15, 0.2) is 18.2 Å². The van der Waals surface area contributed by atoms with Crippen LogP contribution < -0.4 is 5.32 Å². The first-order valence-electron chi connectivity index (χ1n) is 6.35. The highest BCUT2D eigenvalue weighted by Crippen LogP contribution is 2.37. The molecule has 2 rings (SSSR count). The summed E-state index contributed by atoms with van der Waals surface area (Å²) in [6, 6.07) is 3.54. The van der Waals surface area contributed by atoms with Crippen LogP contribution in [0.1, 0.15) is 25.7 Å². The molecule has 104 valence electrons. The molecule has 6 heteroatoms. The van der Waals surface area contributed by atoms with E-state index in [1.54, 1.807) is 0 Å². The van der Waals surface area contributed by atoms with Gasteiger partial charge in [-0.05, 0) is 18.9 Å². The number of non-ortho nitro benzene ring substituents is 1. The van der Waals surface area contributed by atoms with E-state index in [0.717, 1.165) is 31.7 Å². The van der Waals surface area contributed by atoms with Gasteiger partial charge in [-0.1, -0.05) is 12.8 Å². The molecule has 0 aliphatic heterocycles. The smallest absolute Gasteiger partial charge is 0.272 e. The first-order chi connectivity index (χ1) is 9.06. The molecule has 1 aromatic rings. The summed E-state index contributed by atoms with van der Waals surface area (Å²) in [5.41, 5.74) is -0.208. The number of anilines is 1. The Morgan fingerprint density at radius 2 is 2.11 bits per heavy atom. The number of rotatable bonds is 5. The Kier molecular flexibility index (Phi) is 3.99. The van der Waals surface area contributed by atoms with Crippen molar-refractivity contribution >= 4 is 11.4 Å². The molecule has 1 aliphatic carbocycles. The molecule has 0 aromatic heterocycles. The first kappa shape index (κ1) is 13.7. The number of hydrogen-bond acceptors (Lipinski definition) is 4. The van der Waals surface area contributed by atoms with Crippen LogP contribution in [-0.4, -0.2) is 23.2 Å². The van der Waals surface area contributed by atoms with Gasteiger partial charge >= 0.3 is 0 Å². The SMILES string of the molecule is O=[N+]([O-])c1ccc(NCC2(CO)CCCC2)c(F)c1. The average molecular weight is 268 g/mol. The number of aliphatic hydroxyl groups excluding tert-OH is 1. The lowest BCUT2D eigenvalue weighted by Crippen LogP contribution is -2.30. The average Bonchev–Trinajstić information content (AvgIpc) is 2.86. The molecule has 0 spiro atoms. The maximum Gasteiger partial charge on any atom is 0.272 e. The Labute approximate surface area is 110 Å². The molecule has 0 atom stereocenters. The molecule has 5 nitrogen and oxygen atoms in total. The summed E-state index contributed by atoms with van der Waals surface area (Å²) < 4.78 is 13.7. The quantitative estimate of drug-likeness (QED) is 0.636. The Morgan fingerprint density at radius 1 is 1.42 bits per heavy atom. The van der Waals surface area contributed by atoms with Crippen molar-refractivity contribution in [3.8, 4) is 0 Å². The molecule has 1 aliphatic rings. The van der Waals surface area contributed by atoms with E-state index in [1.165, 1.54) is 12.1 Å². The highest BCUT2D eigenvalue weighted by atomic mass is 19.1. The number of aliphatic hydroxyl groups is 1. The third-order valence-corrected chi connectivity index (χ3v) is 3.82.